The molecule has 60 heavy (non-hydrogen) atoms. The lowest BCUT2D eigenvalue weighted by molar-refractivity contribution is 0.666. The zero-order valence-electron chi connectivity index (χ0n) is 33.0. The summed E-state index contributed by atoms with van der Waals surface area (Å²) in [5.41, 5.74) is 16.2. The number of rotatable bonds is 4. The molecule has 284 valence electrons. The van der Waals surface area contributed by atoms with Gasteiger partial charge < -0.3 is 14.3 Å². The zero-order chi connectivity index (χ0) is 39.7. The second-order valence-electron chi connectivity index (χ2n) is 16.7. The summed E-state index contributed by atoms with van der Waals surface area (Å²) in [6.45, 7) is 4.76. The molecule has 1 aliphatic carbocycles. The molecular formula is C55H37N3OS. The Balaban J connectivity index is 1.01. The molecule has 4 heterocycles. The standard InChI is InChI=1S/C55H37N3OS/c1-55(2)41-21-9-6-18-36(41)37-27-28-44-49(50(37)55)38-19-7-10-22-42(38)58(44)43-23-13-24-46-48(43)40-31-35(26-29-45(40)59-46)54-56-51(53-52(57-54)39-20-8-11-25-47(39)60-53)34-17-12-16-33(30-34)32-14-4-3-5-15-32/h3-31,51H,1-2H3,(H,56,57). The number of para-hydroxylation sites is 1. The van der Waals surface area contributed by atoms with Crippen molar-refractivity contribution >= 4 is 76.7 Å². The van der Waals surface area contributed by atoms with Gasteiger partial charge in [0.25, 0.3) is 0 Å². The van der Waals surface area contributed by atoms with Crippen LogP contribution in [0.1, 0.15) is 47.0 Å². The minimum atomic E-state index is -0.147. The van der Waals surface area contributed by atoms with Crippen molar-refractivity contribution in [2.75, 3.05) is 0 Å². The van der Waals surface area contributed by atoms with Crippen molar-refractivity contribution in [2.45, 2.75) is 25.3 Å². The SMILES string of the molecule is CC1(C)c2ccccc2-c2ccc3c(c21)c1ccccc1n3-c1cccc2oc3ccc(C4=Nc5c(sc6ccccc56)C(c5cccc(-c6ccccc6)c5)N4)cc3c12. The third kappa shape index (κ3) is 4.69. The number of aromatic nitrogens is 1. The van der Waals surface area contributed by atoms with Gasteiger partial charge in [-0.05, 0) is 93.5 Å². The highest BCUT2D eigenvalue weighted by Crippen LogP contribution is 2.54. The summed E-state index contributed by atoms with van der Waals surface area (Å²) in [6.07, 6.45) is 0. The zero-order valence-corrected chi connectivity index (χ0v) is 33.8. The first-order chi connectivity index (χ1) is 29.5. The Kier molecular flexibility index (Phi) is 6.97. The van der Waals surface area contributed by atoms with Gasteiger partial charge in [-0.25, -0.2) is 4.99 Å². The molecule has 0 fully saturated rings. The van der Waals surface area contributed by atoms with Gasteiger partial charge in [0.1, 0.15) is 17.0 Å². The van der Waals surface area contributed by atoms with Gasteiger partial charge in [0.05, 0.1) is 38.7 Å². The molecule has 0 spiro atoms. The summed E-state index contributed by atoms with van der Waals surface area (Å²) in [6, 6.07) is 63.6. The molecule has 3 aromatic heterocycles. The van der Waals surface area contributed by atoms with E-state index in [4.69, 9.17) is 9.41 Å². The number of benzene rings is 8. The average molecular weight is 788 g/mol. The second-order valence-corrected chi connectivity index (χ2v) is 17.8. The molecule has 0 amide bonds. The maximum Gasteiger partial charge on any atom is 0.137 e. The molecule has 13 rings (SSSR count). The molecule has 0 radical (unpaired) electrons. The molecule has 11 aromatic rings. The topological polar surface area (TPSA) is 42.5 Å². The summed E-state index contributed by atoms with van der Waals surface area (Å²) in [5, 5.41) is 9.85. The van der Waals surface area contributed by atoms with E-state index in [2.05, 4.69) is 200 Å². The molecule has 5 heteroatoms. The number of thiophene rings is 1. The van der Waals surface area contributed by atoms with Crippen molar-refractivity contribution in [3.8, 4) is 27.9 Å². The van der Waals surface area contributed by atoms with E-state index in [0.29, 0.717) is 0 Å². The molecule has 0 saturated carbocycles. The normalized spacial score (nSPS) is 15.4. The molecule has 4 nitrogen and oxygen atoms in total. The van der Waals surface area contributed by atoms with Crippen molar-refractivity contribution in [1.82, 2.24) is 9.88 Å². The van der Waals surface area contributed by atoms with Crippen LogP contribution in [0, 0.1) is 0 Å². The molecule has 1 unspecified atom stereocenters. The van der Waals surface area contributed by atoms with E-state index in [1.165, 1.54) is 75.7 Å². The first kappa shape index (κ1) is 33.7. The van der Waals surface area contributed by atoms with Crippen LogP contribution >= 0.6 is 11.3 Å². The van der Waals surface area contributed by atoms with Crippen molar-refractivity contribution < 1.29 is 4.42 Å². The predicted molar refractivity (Wildman–Crippen MR) is 251 cm³/mol. The van der Waals surface area contributed by atoms with Crippen LogP contribution in [-0.2, 0) is 5.41 Å². The lowest BCUT2D eigenvalue weighted by Gasteiger charge is -2.26. The monoisotopic (exact) mass is 787 g/mol. The maximum absolute atomic E-state index is 6.68. The lowest BCUT2D eigenvalue weighted by atomic mass is 9.80. The first-order valence-corrected chi connectivity index (χ1v) is 21.5. The van der Waals surface area contributed by atoms with Gasteiger partial charge in [0.2, 0.25) is 0 Å². The molecular weight excluding hydrogens is 751 g/mol. The summed E-state index contributed by atoms with van der Waals surface area (Å²) in [4.78, 5) is 6.66. The van der Waals surface area contributed by atoms with Gasteiger partial charge in [-0.1, -0.05) is 135 Å². The lowest BCUT2D eigenvalue weighted by Crippen LogP contribution is -2.32. The number of hydrogen-bond acceptors (Lipinski definition) is 4. The Morgan fingerprint density at radius 2 is 1.37 bits per heavy atom. The molecule has 1 atom stereocenters. The number of furan rings is 1. The van der Waals surface area contributed by atoms with Crippen LogP contribution in [0.15, 0.2) is 185 Å². The van der Waals surface area contributed by atoms with Crippen LogP contribution in [0.4, 0.5) is 5.69 Å². The fourth-order valence-corrected chi connectivity index (χ4v) is 11.6. The maximum atomic E-state index is 6.68. The van der Waals surface area contributed by atoms with Gasteiger partial charge >= 0.3 is 0 Å². The highest BCUT2D eigenvalue weighted by atomic mass is 32.1. The van der Waals surface area contributed by atoms with Crippen LogP contribution in [0.5, 0.6) is 0 Å². The van der Waals surface area contributed by atoms with Crippen LogP contribution in [-0.4, -0.2) is 10.4 Å². The van der Waals surface area contributed by atoms with Gasteiger partial charge in [-0.2, -0.15) is 0 Å². The fraction of sp³-hybridized carbons (Fsp3) is 0.0727. The minimum Gasteiger partial charge on any atom is -0.456 e. The average Bonchev–Trinajstić information content (AvgIpc) is 4.03. The number of amidine groups is 1. The molecule has 2 aliphatic rings. The smallest absolute Gasteiger partial charge is 0.137 e. The summed E-state index contributed by atoms with van der Waals surface area (Å²) in [7, 11) is 0. The summed E-state index contributed by atoms with van der Waals surface area (Å²) in [5.74, 6) is 0.851. The Hall–Kier alpha value is -7.21. The highest BCUT2D eigenvalue weighted by molar-refractivity contribution is 7.19. The van der Waals surface area contributed by atoms with E-state index < -0.39 is 0 Å². The number of fused-ring (bicyclic) bond motifs is 13. The van der Waals surface area contributed by atoms with E-state index >= 15 is 0 Å². The molecule has 8 aromatic carbocycles. The Bertz CT molecular complexity index is 3620. The number of nitrogens with one attached hydrogen (secondary N) is 1. The molecule has 0 bridgehead atoms. The second kappa shape index (κ2) is 12.4. The first-order valence-electron chi connectivity index (χ1n) is 20.7. The van der Waals surface area contributed by atoms with Crippen LogP contribution in [0.2, 0.25) is 0 Å². The van der Waals surface area contributed by atoms with Crippen LogP contribution in [0.3, 0.4) is 0 Å². The van der Waals surface area contributed by atoms with Crippen molar-refractivity contribution in [1.29, 1.82) is 0 Å². The molecule has 1 aliphatic heterocycles. The Labute approximate surface area is 350 Å². The van der Waals surface area contributed by atoms with Gasteiger partial charge in [0, 0.05) is 37.2 Å². The van der Waals surface area contributed by atoms with Crippen molar-refractivity contribution in [3.63, 3.8) is 0 Å². The number of nitrogens with zero attached hydrogens (tertiary/aromatic N) is 2. The van der Waals surface area contributed by atoms with Crippen LogP contribution < -0.4 is 5.32 Å². The van der Waals surface area contributed by atoms with E-state index in [1.54, 1.807) is 0 Å². The molecule has 0 saturated heterocycles. The van der Waals surface area contributed by atoms with E-state index in [0.717, 1.165) is 44.7 Å². The summed E-state index contributed by atoms with van der Waals surface area (Å²) >= 11 is 1.83. The third-order valence-corrected chi connectivity index (χ3v) is 14.3. The molecule has 1 N–H and O–H groups in total. The predicted octanol–water partition coefficient (Wildman–Crippen LogP) is 14.6. The van der Waals surface area contributed by atoms with Gasteiger partial charge in [0.15, 0.2) is 0 Å². The minimum absolute atomic E-state index is 0.0735. The van der Waals surface area contributed by atoms with E-state index in [-0.39, 0.29) is 11.5 Å². The Morgan fingerprint density at radius 3 is 2.28 bits per heavy atom. The fourth-order valence-electron chi connectivity index (χ4n) is 10.4. The van der Waals surface area contributed by atoms with Crippen molar-refractivity contribution in [3.05, 3.63) is 203 Å². The van der Waals surface area contributed by atoms with Gasteiger partial charge in [-0.3, -0.25) is 0 Å². The number of aliphatic imine (C=N–C) groups is 1. The van der Waals surface area contributed by atoms with Crippen LogP contribution in [0.25, 0.3) is 81.8 Å². The number of hydrogen-bond donors (Lipinski definition) is 1. The summed E-state index contributed by atoms with van der Waals surface area (Å²) < 4.78 is 10.4. The van der Waals surface area contributed by atoms with E-state index in [1.807, 2.05) is 11.3 Å². The van der Waals surface area contributed by atoms with E-state index in [9.17, 15) is 0 Å². The quantitative estimate of drug-likeness (QED) is 0.193. The van der Waals surface area contributed by atoms with Crippen molar-refractivity contribution in [2.24, 2.45) is 4.99 Å². The van der Waals surface area contributed by atoms with Gasteiger partial charge in [-0.15, -0.1) is 11.3 Å². The third-order valence-electron chi connectivity index (χ3n) is 13.0. The highest BCUT2D eigenvalue weighted by Gasteiger charge is 2.38. The Morgan fingerprint density at radius 1 is 0.583 bits per heavy atom. The largest absolute Gasteiger partial charge is 0.456 e.